The number of benzene rings is 2. The number of pyridine rings is 1. The maximum absolute atomic E-state index is 12.8. The minimum absolute atomic E-state index is 0.190. The van der Waals surface area contributed by atoms with Gasteiger partial charge in [-0.25, -0.2) is 0 Å². The minimum atomic E-state index is -0.371. The molecule has 0 spiro atoms. The van der Waals surface area contributed by atoms with E-state index in [0.29, 0.717) is 23.6 Å². The van der Waals surface area contributed by atoms with Gasteiger partial charge in [0.1, 0.15) is 12.4 Å². The fourth-order valence-corrected chi connectivity index (χ4v) is 2.59. The Bertz CT molecular complexity index is 957. The third-order valence-corrected chi connectivity index (χ3v) is 4.03. The first kappa shape index (κ1) is 19.1. The quantitative estimate of drug-likeness (QED) is 0.714. The number of carbonyl (C=O) groups excluding carboxylic acids is 2. The Labute approximate surface area is 163 Å². The van der Waals surface area contributed by atoms with E-state index >= 15 is 0 Å². The van der Waals surface area contributed by atoms with Crippen molar-refractivity contribution in [3.63, 3.8) is 0 Å². The van der Waals surface area contributed by atoms with E-state index in [1.807, 2.05) is 30.3 Å². The van der Waals surface area contributed by atoms with Crippen molar-refractivity contribution in [1.82, 2.24) is 9.88 Å². The highest BCUT2D eigenvalue weighted by molar-refractivity contribution is 6.08. The van der Waals surface area contributed by atoms with Crippen molar-refractivity contribution >= 4 is 17.5 Å². The first-order chi connectivity index (χ1) is 13.5. The van der Waals surface area contributed by atoms with Crippen LogP contribution < -0.4 is 10.1 Å². The summed E-state index contributed by atoms with van der Waals surface area (Å²) in [6, 6.07) is 18.0. The smallest absolute Gasteiger partial charge is 0.259 e. The van der Waals surface area contributed by atoms with Gasteiger partial charge < -0.3 is 15.0 Å². The second kappa shape index (κ2) is 8.81. The van der Waals surface area contributed by atoms with E-state index in [4.69, 9.17) is 4.74 Å². The van der Waals surface area contributed by atoms with Gasteiger partial charge in [0.25, 0.3) is 11.8 Å². The fraction of sp³-hybridized carbons (Fsp3) is 0.136. The van der Waals surface area contributed by atoms with Gasteiger partial charge in [-0.2, -0.15) is 0 Å². The lowest BCUT2D eigenvalue weighted by Gasteiger charge is -2.15. The monoisotopic (exact) mass is 375 g/mol. The SMILES string of the molecule is CN(C)C(=O)c1ccc(OCc2ccccc2)c(C(=O)Nc2cccnc2)c1. The van der Waals surface area contributed by atoms with Gasteiger partial charge in [0, 0.05) is 25.9 Å². The van der Waals surface area contributed by atoms with Crippen molar-refractivity contribution in [2.75, 3.05) is 19.4 Å². The standard InChI is InChI=1S/C22H21N3O3/c1-25(2)22(27)17-10-11-20(28-15-16-7-4-3-5-8-16)19(13-17)21(26)24-18-9-6-12-23-14-18/h3-14H,15H2,1-2H3,(H,24,26). The molecule has 28 heavy (non-hydrogen) atoms. The van der Waals surface area contributed by atoms with Crippen LogP contribution in [0.2, 0.25) is 0 Å². The van der Waals surface area contributed by atoms with Crippen LogP contribution >= 0.6 is 0 Å². The number of hydrogen-bond acceptors (Lipinski definition) is 4. The lowest BCUT2D eigenvalue weighted by atomic mass is 10.1. The predicted molar refractivity (Wildman–Crippen MR) is 107 cm³/mol. The van der Waals surface area contributed by atoms with E-state index in [1.54, 1.807) is 56.8 Å². The zero-order valence-corrected chi connectivity index (χ0v) is 15.8. The summed E-state index contributed by atoms with van der Waals surface area (Å²) in [6.45, 7) is 0.314. The average Bonchev–Trinajstić information content (AvgIpc) is 2.73. The van der Waals surface area contributed by atoms with Gasteiger partial charge in [0.15, 0.2) is 0 Å². The maximum Gasteiger partial charge on any atom is 0.259 e. The largest absolute Gasteiger partial charge is 0.488 e. The molecule has 0 radical (unpaired) electrons. The van der Waals surface area contributed by atoms with E-state index in [-0.39, 0.29) is 17.4 Å². The Kier molecular flexibility index (Phi) is 6.01. The Morgan fingerprint density at radius 2 is 1.82 bits per heavy atom. The van der Waals surface area contributed by atoms with Crippen LogP contribution in [0.5, 0.6) is 5.75 Å². The summed E-state index contributed by atoms with van der Waals surface area (Å²) in [5, 5.41) is 2.79. The van der Waals surface area contributed by atoms with Gasteiger partial charge in [0.2, 0.25) is 0 Å². The highest BCUT2D eigenvalue weighted by Gasteiger charge is 2.18. The number of anilines is 1. The van der Waals surface area contributed by atoms with E-state index in [2.05, 4.69) is 10.3 Å². The highest BCUT2D eigenvalue weighted by atomic mass is 16.5. The third kappa shape index (κ3) is 4.73. The molecule has 1 N–H and O–H groups in total. The molecule has 6 nitrogen and oxygen atoms in total. The molecular formula is C22H21N3O3. The van der Waals surface area contributed by atoms with Crippen molar-refractivity contribution in [3.05, 3.63) is 89.7 Å². The van der Waals surface area contributed by atoms with E-state index in [9.17, 15) is 9.59 Å². The number of nitrogens with one attached hydrogen (secondary N) is 1. The lowest BCUT2D eigenvalue weighted by molar-refractivity contribution is 0.0827. The number of ether oxygens (including phenoxy) is 1. The van der Waals surface area contributed by atoms with Crippen LogP contribution in [0.25, 0.3) is 0 Å². The predicted octanol–water partition coefficient (Wildman–Crippen LogP) is 3.61. The summed E-state index contributed by atoms with van der Waals surface area (Å²) in [5.74, 6) is -0.157. The zero-order chi connectivity index (χ0) is 19.9. The number of carbonyl (C=O) groups is 2. The van der Waals surface area contributed by atoms with Crippen molar-refractivity contribution in [2.24, 2.45) is 0 Å². The molecule has 0 saturated heterocycles. The molecule has 0 saturated carbocycles. The van der Waals surface area contributed by atoms with Crippen LogP contribution in [-0.4, -0.2) is 35.8 Å². The molecule has 1 heterocycles. The summed E-state index contributed by atoms with van der Waals surface area (Å²) in [7, 11) is 3.33. The minimum Gasteiger partial charge on any atom is -0.488 e. The van der Waals surface area contributed by atoms with Gasteiger partial charge in [-0.3, -0.25) is 14.6 Å². The van der Waals surface area contributed by atoms with Crippen LogP contribution in [0, 0.1) is 0 Å². The highest BCUT2D eigenvalue weighted by Crippen LogP contribution is 2.23. The maximum atomic E-state index is 12.8. The number of amides is 2. The van der Waals surface area contributed by atoms with Crippen LogP contribution in [0.4, 0.5) is 5.69 Å². The normalized spacial score (nSPS) is 10.2. The molecule has 0 bridgehead atoms. The van der Waals surface area contributed by atoms with E-state index in [1.165, 1.54) is 4.90 Å². The summed E-state index contributed by atoms with van der Waals surface area (Å²) in [5.41, 5.74) is 2.24. The number of rotatable bonds is 6. The van der Waals surface area contributed by atoms with E-state index < -0.39 is 0 Å². The molecule has 0 aliphatic rings. The average molecular weight is 375 g/mol. The second-order valence-electron chi connectivity index (χ2n) is 6.38. The first-order valence-electron chi connectivity index (χ1n) is 8.78. The van der Waals surface area contributed by atoms with Crippen LogP contribution in [0.15, 0.2) is 73.1 Å². The molecule has 0 aliphatic carbocycles. The van der Waals surface area contributed by atoms with Crippen LogP contribution in [0.3, 0.4) is 0 Å². The van der Waals surface area contributed by atoms with Crippen molar-refractivity contribution in [2.45, 2.75) is 6.61 Å². The summed E-state index contributed by atoms with van der Waals surface area (Å²) in [6.07, 6.45) is 3.18. The fourth-order valence-electron chi connectivity index (χ4n) is 2.59. The molecule has 0 fully saturated rings. The molecule has 0 aliphatic heterocycles. The van der Waals surface area contributed by atoms with Gasteiger partial charge in [0.05, 0.1) is 17.4 Å². The molecule has 3 aromatic rings. The topological polar surface area (TPSA) is 71.5 Å². The number of nitrogens with zero attached hydrogens (tertiary/aromatic N) is 2. The molecule has 3 rings (SSSR count). The summed E-state index contributed by atoms with van der Waals surface area (Å²) >= 11 is 0. The number of hydrogen-bond donors (Lipinski definition) is 1. The van der Waals surface area contributed by atoms with Crippen molar-refractivity contribution < 1.29 is 14.3 Å². The van der Waals surface area contributed by atoms with Crippen molar-refractivity contribution in [1.29, 1.82) is 0 Å². The lowest BCUT2D eigenvalue weighted by Crippen LogP contribution is -2.22. The van der Waals surface area contributed by atoms with Gasteiger partial charge >= 0.3 is 0 Å². The summed E-state index contributed by atoms with van der Waals surface area (Å²) in [4.78, 5) is 30.6. The molecule has 2 amide bonds. The third-order valence-electron chi connectivity index (χ3n) is 4.03. The zero-order valence-electron chi connectivity index (χ0n) is 15.8. The molecule has 2 aromatic carbocycles. The summed E-state index contributed by atoms with van der Waals surface area (Å²) < 4.78 is 5.88. The Hall–Kier alpha value is -3.67. The molecule has 0 unspecified atom stereocenters. The molecule has 1 aromatic heterocycles. The molecule has 6 heteroatoms. The van der Waals surface area contributed by atoms with Crippen LogP contribution in [-0.2, 0) is 6.61 Å². The van der Waals surface area contributed by atoms with Gasteiger partial charge in [-0.15, -0.1) is 0 Å². The second-order valence-corrected chi connectivity index (χ2v) is 6.38. The van der Waals surface area contributed by atoms with Crippen molar-refractivity contribution in [3.8, 4) is 5.75 Å². The van der Waals surface area contributed by atoms with E-state index in [0.717, 1.165) is 5.56 Å². The molecule has 0 atom stereocenters. The first-order valence-corrected chi connectivity index (χ1v) is 8.78. The van der Waals surface area contributed by atoms with Gasteiger partial charge in [-0.05, 0) is 35.9 Å². The number of aromatic nitrogens is 1. The molecule has 142 valence electrons. The van der Waals surface area contributed by atoms with Crippen LogP contribution in [0.1, 0.15) is 26.3 Å². The Morgan fingerprint density at radius 1 is 1.04 bits per heavy atom. The van der Waals surface area contributed by atoms with Gasteiger partial charge in [-0.1, -0.05) is 30.3 Å². The Balaban J connectivity index is 1.89. The molecular weight excluding hydrogens is 354 g/mol. The Morgan fingerprint density at radius 3 is 2.50 bits per heavy atom.